The van der Waals surface area contributed by atoms with Crippen LogP contribution in [0.4, 0.5) is 4.39 Å². The van der Waals surface area contributed by atoms with Crippen molar-refractivity contribution in [3.63, 3.8) is 0 Å². The molecule has 0 saturated carbocycles. The summed E-state index contributed by atoms with van der Waals surface area (Å²) >= 11 is 1.27. The lowest BCUT2D eigenvalue weighted by atomic mass is 10.2. The minimum Gasteiger partial charge on any atom is -0.486 e. The molecular formula is C23H27FN6O2S. The maximum absolute atomic E-state index is 13.0. The molecule has 2 N–H and O–H groups in total. The molecule has 1 atom stereocenters. The molecule has 1 amide bonds. The molecule has 3 aromatic rings. The average molecular weight is 471 g/mol. The number of nitrogens with two attached hydrogens (primary N) is 1. The summed E-state index contributed by atoms with van der Waals surface area (Å²) in [6.45, 7) is 5.91. The highest BCUT2D eigenvalue weighted by Crippen LogP contribution is 2.23. The van der Waals surface area contributed by atoms with Gasteiger partial charge in [0.1, 0.15) is 18.2 Å². The van der Waals surface area contributed by atoms with Crippen molar-refractivity contribution in [1.82, 2.24) is 24.7 Å². The zero-order valence-electron chi connectivity index (χ0n) is 18.4. The quantitative estimate of drug-likeness (QED) is 0.400. The van der Waals surface area contributed by atoms with Crippen molar-refractivity contribution in [1.29, 1.82) is 0 Å². The number of nitrogen functional groups attached to an aromatic ring is 1. The minimum absolute atomic E-state index is 0.0615. The third-order valence-corrected chi connectivity index (χ3v) is 6.52. The van der Waals surface area contributed by atoms with Crippen LogP contribution in [0.2, 0.25) is 0 Å². The average Bonchev–Trinajstić information content (AvgIpc) is 3.18. The molecule has 2 aromatic carbocycles. The summed E-state index contributed by atoms with van der Waals surface area (Å²) in [5.74, 6) is 6.75. The predicted molar refractivity (Wildman–Crippen MR) is 125 cm³/mol. The molecule has 0 spiro atoms. The minimum atomic E-state index is -0.344. The van der Waals surface area contributed by atoms with Crippen LogP contribution in [-0.2, 0) is 17.9 Å². The number of nitrogens with zero attached hydrogens (tertiary/aromatic N) is 5. The number of benzene rings is 2. The molecule has 1 fully saturated rings. The number of carbonyl (C=O) groups excluding carboxylic acids is 1. The molecular weight excluding hydrogens is 443 g/mol. The number of rotatable bonds is 8. The molecule has 10 heteroatoms. The molecule has 0 radical (unpaired) electrons. The third kappa shape index (κ3) is 6.02. The maximum Gasteiger partial charge on any atom is 0.235 e. The second-order valence-corrected chi connectivity index (χ2v) is 9.17. The molecule has 174 valence electrons. The highest BCUT2D eigenvalue weighted by molar-refractivity contribution is 8.00. The van der Waals surface area contributed by atoms with Crippen LogP contribution in [0.25, 0.3) is 0 Å². The van der Waals surface area contributed by atoms with Crippen LogP contribution in [0.1, 0.15) is 18.3 Å². The van der Waals surface area contributed by atoms with E-state index in [0.717, 1.165) is 19.6 Å². The van der Waals surface area contributed by atoms with Gasteiger partial charge in [-0.3, -0.25) is 9.69 Å². The molecule has 33 heavy (non-hydrogen) atoms. The van der Waals surface area contributed by atoms with Crippen molar-refractivity contribution in [3.05, 3.63) is 71.8 Å². The zero-order valence-corrected chi connectivity index (χ0v) is 19.2. The van der Waals surface area contributed by atoms with E-state index in [4.69, 9.17) is 10.6 Å². The molecule has 8 nitrogen and oxygen atoms in total. The first kappa shape index (κ1) is 23.1. The number of piperazine rings is 1. The summed E-state index contributed by atoms with van der Waals surface area (Å²) in [5, 5.41) is 8.26. The first-order valence-corrected chi connectivity index (χ1v) is 11.7. The largest absolute Gasteiger partial charge is 0.486 e. The van der Waals surface area contributed by atoms with E-state index >= 15 is 0 Å². The smallest absolute Gasteiger partial charge is 0.235 e. The van der Waals surface area contributed by atoms with Crippen molar-refractivity contribution in [2.24, 2.45) is 0 Å². The van der Waals surface area contributed by atoms with Crippen molar-refractivity contribution in [2.45, 2.75) is 30.5 Å². The highest BCUT2D eigenvalue weighted by Gasteiger charge is 2.27. The molecule has 1 aliphatic rings. The second kappa shape index (κ2) is 10.7. The molecule has 1 aliphatic heterocycles. The number of thioether (sulfide) groups is 1. The Balaban J connectivity index is 1.26. The van der Waals surface area contributed by atoms with E-state index in [1.54, 1.807) is 0 Å². The van der Waals surface area contributed by atoms with E-state index in [1.807, 2.05) is 30.0 Å². The zero-order chi connectivity index (χ0) is 23.2. The van der Waals surface area contributed by atoms with E-state index < -0.39 is 0 Å². The number of hydrogen-bond donors (Lipinski definition) is 1. The SMILES string of the molecule is CC(Sc1nnc(COc2ccc(F)cc2)n1N)C(=O)N1CCN(Cc2ccccc2)CC1. The van der Waals surface area contributed by atoms with Gasteiger partial charge in [0, 0.05) is 32.7 Å². The summed E-state index contributed by atoms with van der Waals surface area (Å²) in [6.07, 6.45) is 0. The van der Waals surface area contributed by atoms with E-state index in [-0.39, 0.29) is 23.6 Å². The van der Waals surface area contributed by atoms with Crippen molar-refractivity contribution in [3.8, 4) is 5.75 Å². The summed E-state index contributed by atoms with van der Waals surface area (Å²) in [6, 6.07) is 16.1. The van der Waals surface area contributed by atoms with E-state index in [1.165, 1.54) is 46.3 Å². The van der Waals surface area contributed by atoms with Crippen molar-refractivity contribution < 1.29 is 13.9 Å². The molecule has 0 bridgehead atoms. The maximum atomic E-state index is 13.0. The lowest BCUT2D eigenvalue weighted by Crippen LogP contribution is -2.50. The van der Waals surface area contributed by atoms with Gasteiger partial charge < -0.3 is 15.5 Å². The van der Waals surface area contributed by atoms with Crippen molar-refractivity contribution >= 4 is 17.7 Å². The standard InChI is InChI=1S/C23H27FN6O2S/c1-17(22(31)29-13-11-28(12-14-29)15-18-5-3-2-4-6-18)33-23-27-26-21(30(23)25)16-32-20-9-7-19(24)8-10-20/h2-10,17H,11-16,25H2,1H3. The van der Waals surface area contributed by atoms with Gasteiger partial charge >= 0.3 is 0 Å². The molecule has 1 aromatic heterocycles. The van der Waals surface area contributed by atoms with Gasteiger partial charge in [-0.15, -0.1) is 10.2 Å². The van der Waals surface area contributed by atoms with Gasteiger partial charge in [-0.2, -0.15) is 0 Å². The van der Waals surface area contributed by atoms with Gasteiger partial charge in [0.15, 0.2) is 5.82 Å². The Bertz CT molecular complexity index is 1050. The van der Waals surface area contributed by atoms with Crippen LogP contribution in [0.15, 0.2) is 59.8 Å². The summed E-state index contributed by atoms with van der Waals surface area (Å²) in [7, 11) is 0. The Morgan fingerprint density at radius 1 is 1.09 bits per heavy atom. The summed E-state index contributed by atoms with van der Waals surface area (Å²) < 4.78 is 19.9. The lowest BCUT2D eigenvalue weighted by molar-refractivity contribution is -0.132. The Hall–Kier alpha value is -3.11. The van der Waals surface area contributed by atoms with E-state index in [0.29, 0.717) is 29.8 Å². The Labute approximate surface area is 196 Å². The number of aromatic nitrogens is 3. The molecule has 1 unspecified atom stereocenters. The van der Waals surface area contributed by atoms with Crippen LogP contribution in [0, 0.1) is 5.82 Å². The fraction of sp³-hybridized carbons (Fsp3) is 0.348. The van der Waals surface area contributed by atoms with Crippen LogP contribution in [-0.4, -0.2) is 62.0 Å². The van der Waals surface area contributed by atoms with Gasteiger partial charge in [0.05, 0.1) is 5.25 Å². The van der Waals surface area contributed by atoms with Crippen LogP contribution >= 0.6 is 11.8 Å². The van der Waals surface area contributed by atoms with Gasteiger partial charge in [0.2, 0.25) is 11.1 Å². The molecule has 1 saturated heterocycles. The number of halogens is 1. The van der Waals surface area contributed by atoms with Gasteiger partial charge in [-0.1, -0.05) is 42.1 Å². The molecule has 0 aliphatic carbocycles. The Kier molecular flexibility index (Phi) is 7.46. The first-order valence-electron chi connectivity index (χ1n) is 10.8. The predicted octanol–water partition coefficient (Wildman–Crippen LogP) is 2.54. The van der Waals surface area contributed by atoms with Gasteiger partial charge in [0.25, 0.3) is 0 Å². The van der Waals surface area contributed by atoms with Crippen LogP contribution in [0.3, 0.4) is 0 Å². The van der Waals surface area contributed by atoms with E-state index in [9.17, 15) is 9.18 Å². The van der Waals surface area contributed by atoms with Crippen LogP contribution in [0.5, 0.6) is 5.75 Å². The van der Waals surface area contributed by atoms with Crippen molar-refractivity contribution in [2.75, 3.05) is 32.0 Å². The number of carbonyl (C=O) groups is 1. The normalized spacial score (nSPS) is 15.4. The Morgan fingerprint density at radius 3 is 2.48 bits per heavy atom. The fourth-order valence-corrected chi connectivity index (χ4v) is 4.47. The summed E-state index contributed by atoms with van der Waals surface area (Å²) in [5.41, 5.74) is 1.28. The van der Waals surface area contributed by atoms with Gasteiger partial charge in [-0.05, 0) is 36.8 Å². The van der Waals surface area contributed by atoms with Gasteiger partial charge in [-0.25, -0.2) is 9.07 Å². The fourth-order valence-electron chi connectivity index (χ4n) is 3.60. The number of amides is 1. The second-order valence-electron chi connectivity index (χ2n) is 7.86. The number of hydrogen-bond acceptors (Lipinski definition) is 7. The number of ether oxygens (including phenoxy) is 1. The van der Waals surface area contributed by atoms with E-state index in [2.05, 4.69) is 27.2 Å². The van der Waals surface area contributed by atoms with Crippen LogP contribution < -0.4 is 10.6 Å². The monoisotopic (exact) mass is 470 g/mol. The third-order valence-electron chi connectivity index (χ3n) is 5.48. The first-order chi connectivity index (χ1) is 16.0. The molecule has 2 heterocycles. The molecule has 4 rings (SSSR count). The highest BCUT2D eigenvalue weighted by atomic mass is 32.2. The summed E-state index contributed by atoms with van der Waals surface area (Å²) in [4.78, 5) is 17.2. The topological polar surface area (TPSA) is 89.5 Å². The lowest BCUT2D eigenvalue weighted by Gasteiger charge is -2.35. The Morgan fingerprint density at radius 2 is 1.79 bits per heavy atom.